The lowest BCUT2D eigenvalue weighted by atomic mass is 10.1. The fourth-order valence-corrected chi connectivity index (χ4v) is 2.86. The molecule has 0 aromatic heterocycles. The summed E-state index contributed by atoms with van der Waals surface area (Å²) in [5.74, 6) is 0. The molecule has 1 aliphatic carbocycles. The summed E-state index contributed by atoms with van der Waals surface area (Å²) >= 11 is 0. The van der Waals surface area contributed by atoms with Gasteiger partial charge in [-0.25, -0.2) is 0 Å². The zero-order valence-corrected chi connectivity index (χ0v) is 11.6. The molecule has 0 saturated heterocycles. The van der Waals surface area contributed by atoms with Crippen LogP contribution in [0.15, 0.2) is 0 Å². The zero-order valence-electron chi connectivity index (χ0n) is 11.6. The van der Waals surface area contributed by atoms with Crippen LogP contribution in [0.2, 0.25) is 0 Å². The Labute approximate surface area is 102 Å². The lowest BCUT2D eigenvalue weighted by Gasteiger charge is -2.34. The van der Waals surface area contributed by atoms with Crippen molar-refractivity contribution in [2.24, 2.45) is 0 Å². The highest BCUT2D eigenvalue weighted by molar-refractivity contribution is 4.87. The Bertz CT molecular complexity index is 182. The molecule has 1 saturated carbocycles. The average molecular weight is 226 g/mol. The molecule has 0 aromatic carbocycles. The van der Waals surface area contributed by atoms with Gasteiger partial charge in [-0.2, -0.15) is 0 Å². The molecule has 16 heavy (non-hydrogen) atoms. The van der Waals surface area contributed by atoms with Gasteiger partial charge in [0.1, 0.15) is 0 Å². The van der Waals surface area contributed by atoms with Gasteiger partial charge in [-0.1, -0.05) is 20.3 Å². The third kappa shape index (κ3) is 3.74. The first-order valence-corrected chi connectivity index (χ1v) is 7.15. The highest BCUT2D eigenvalue weighted by atomic mass is 15.2. The summed E-state index contributed by atoms with van der Waals surface area (Å²) in [6.07, 6.45) is 8.05. The van der Waals surface area contributed by atoms with Crippen LogP contribution in [-0.2, 0) is 0 Å². The minimum atomic E-state index is 0.757. The maximum Gasteiger partial charge on any atom is 0.0113 e. The molecule has 0 heterocycles. The third-order valence-electron chi connectivity index (χ3n) is 4.21. The molecule has 1 fully saturated rings. The van der Waals surface area contributed by atoms with Crippen molar-refractivity contribution in [1.82, 2.24) is 10.2 Å². The van der Waals surface area contributed by atoms with Gasteiger partial charge in [0.15, 0.2) is 0 Å². The Kier molecular flexibility index (Phi) is 6.37. The van der Waals surface area contributed by atoms with Crippen LogP contribution < -0.4 is 5.32 Å². The van der Waals surface area contributed by atoms with Crippen LogP contribution in [0.3, 0.4) is 0 Å². The molecular formula is C14H30N2. The zero-order chi connectivity index (χ0) is 12.0. The molecule has 1 rings (SSSR count). The molecule has 0 bridgehead atoms. The van der Waals surface area contributed by atoms with Gasteiger partial charge in [-0.3, -0.25) is 4.90 Å². The Balaban J connectivity index is 2.48. The van der Waals surface area contributed by atoms with Crippen molar-refractivity contribution in [3.63, 3.8) is 0 Å². The van der Waals surface area contributed by atoms with Crippen LogP contribution >= 0.6 is 0 Å². The van der Waals surface area contributed by atoms with Crippen molar-refractivity contribution in [1.29, 1.82) is 0 Å². The van der Waals surface area contributed by atoms with Crippen LogP contribution in [0.25, 0.3) is 0 Å². The first kappa shape index (κ1) is 14.0. The van der Waals surface area contributed by atoms with Crippen molar-refractivity contribution in [3.05, 3.63) is 0 Å². The summed E-state index contributed by atoms with van der Waals surface area (Å²) in [5, 5.41) is 3.44. The topological polar surface area (TPSA) is 15.3 Å². The summed E-state index contributed by atoms with van der Waals surface area (Å²) in [6, 6.07) is 2.35. The quantitative estimate of drug-likeness (QED) is 0.718. The summed E-state index contributed by atoms with van der Waals surface area (Å²) in [7, 11) is 2.10. The molecule has 2 nitrogen and oxygen atoms in total. The Hall–Kier alpha value is -0.0800. The van der Waals surface area contributed by atoms with Crippen molar-refractivity contribution < 1.29 is 0 Å². The van der Waals surface area contributed by atoms with Crippen LogP contribution in [0.1, 0.15) is 59.3 Å². The maximum atomic E-state index is 3.44. The third-order valence-corrected chi connectivity index (χ3v) is 4.21. The average Bonchev–Trinajstić information content (AvgIpc) is 2.77. The van der Waals surface area contributed by atoms with Gasteiger partial charge < -0.3 is 5.32 Å². The number of hydrogen-bond acceptors (Lipinski definition) is 2. The minimum absolute atomic E-state index is 0.757. The molecule has 3 unspecified atom stereocenters. The second-order valence-corrected chi connectivity index (χ2v) is 5.30. The molecule has 0 aromatic rings. The number of unbranched alkanes of at least 4 members (excludes halogenated alkanes) is 1. The molecule has 2 heteroatoms. The van der Waals surface area contributed by atoms with Crippen molar-refractivity contribution in [2.45, 2.75) is 77.4 Å². The molecular weight excluding hydrogens is 196 g/mol. The molecule has 0 radical (unpaired) electrons. The van der Waals surface area contributed by atoms with Gasteiger partial charge in [-0.15, -0.1) is 0 Å². The summed E-state index contributed by atoms with van der Waals surface area (Å²) in [4.78, 5) is 2.76. The number of nitrogens with one attached hydrogen (secondary N) is 1. The number of hydrogen-bond donors (Lipinski definition) is 1. The Morgan fingerprint density at radius 2 is 2.06 bits per heavy atom. The van der Waals surface area contributed by atoms with Crippen LogP contribution in [0.5, 0.6) is 0 Å². The monoisotopic (exact) mass is 226 g/mol. The lowest BCUT2D eigenvalue weighted by Crippen LogP contribution is -2.41. The predicted molar refractivity (Wildman–Crippen MR) is 71.9 cm³/mol. The molecule has 0 spiro atoms. The second-order valence-electron chi connectivity index (χ2n) is 5.30. The smallest absolute Gasteiger partial charge is 0.0113 e. The van der Waals surface area contributed by atoms with Gasteiger partial charge in [0, 0.05) is 18.1 Å². The van der Waals surface area contributed by atoms with Crippen LogP contribution in [0.4, 0.5) is 0 Å². The van der Waals surface area contributed by atoms with E-state index in [2.05, 4.69) is 38.0 Å². The fourth-order valence-electron chi connectivity index (χ4n) is 2.86. The molecule has 0 amide bonds. The molecule has 96 valence electrons. The number of rotatable bonds is 7. The highest BCUT2D eigenvalue weighted by Gasteiger charge is 2.29. The van der Waals surface area contributed by atoms with Gasteiger partial charge in [-0.05, 0) is 52.6 Å². The van der Waals surface area contributed by atoms with Crippen molar-refractivity contribution >= 4 is 0 Å². The summed E-state index contributed by atoms with van der Waals surface area (Å²) < 4.78 is 0. The van der Waals surface area contributed by atoms with E-state index in [4.69, 9.17) is 0 Å². The van der Waals surface area contributed by atoms with E-state index in [0.29, 0.717) is 0 Å². The summed E-state index contributed by atoms with van der Waals surface area (Å²) in [5.41, 5.74) is 0. The molecule has 1 aliphatic rings. The molecule has 3 atom stereocenters. The van der Waals surface area contributed by atoms with Gasteiger partial charge in [0.2, 0.25) is 0 Å². The SMILES string of the molecule is CCCCN(C(C)CC)C1CCC(NC)C1. The molecule has 1 N–H and O–H groups in total. The largest absolute Gasteiger partial charge is 0.317 e. The van der Waals surface area contributed by atoms with Crippen molar-refractivity contribution in [2.75, 3.05) is 13.6 Å². The Morgan fingerprint density at radius 3 is 2.56 bits per heavy atom. The maximum absolute atomic E-state index is 3.44. The van der Waals surface area contributed by atoms with Gasteiger partial charge in [0.05, 0.1) is 0 Å². The second kappa shape index (κ2) is 7.29. The lowest BCUT2D eigenvalue weighted by molar-refractivity contribution is 0.137. The van der Waals surface area contributed by atoms with E-state index < -0.39 is 0 Å². The van der Waals surface area contributed by atoms with Crippen LogP contribution in [-0.4, -0.2) is 36.6 Å². The van der Waals surface area contributed by atoms with E-state index in [1.54, 1.807) is 0 Å². The van der Waals surface area contributed by atoms with E-state index in [-0.39, 0.29) is 0 Å². The van der Waals surface area contributed by atoms with Crippen molar-refractivity contribution in [3.8, 4) is 0 Å². The summed E-state index contributed by atoms with van der Waals surface area (Å²) in [6.45, 7) is 8.29. The van der Waals surface area contributed by atoms with E-state index in [1.165, 1.54) is 45.1 Å². The normalized spacial score (nSPS) is 27.6. The van der Waals surface area contributed by atoms with E-state index in [1.807, 2.05) is 0 Å². The number of nitrogens with zero attached hydrogens (tertiary/aromatic N) is 1. The predicted octanol–water partition coefficient (Wildman–Crippen LogP) is 3.03. The minimum Gasteiger partial charge on any atom is -0.317 e. The van der Waals surface area contributed by atoms with E-state index in [0.717, 1.165) is 18.1 Å². The van der Waals surface area contributed by atoms with E-state index >= 15 is 0 Å². The van der Waals surface area contributed by atoms with Gasteiger partial charge in [0.25, 0.3) is 0 Å². The van der Waals surface area contributed by atoms with Gasteiger partial charge >= 0.3 is 0 Å². The van der Waals surface area contributed by atoms with Crippen LogP contribution in [0, 0.1) is 0 Å². The highest BCUT2D eigenvalue weighted by Crippen LogP contribution is 2.26. The van der Waals surface area contributed by atoms with E-state index in [9.17, 15) is 0 Å². The standard InChI is InChI=1S/C14H30N2/c1-5-7-10-16(12(3)6-2)14-9-8-13(11-14)15-4/h12-15H,5-11H2,1-4H3. The molecule has 0 aliphatic heterocycles. The Morgan fingerprint density at radius 1 is 1.31 bits per heavy atom. The first-order chi connectivity index (χ1) is 7.72. The fraction of sp³-hybridized carbons (Fsp3) is 1.00. The first-order valence-electron chi connectivity index (χ1n) is 7.15.